The average molecular weight is 938 g/mol. The monoisotopic (exact) mass is 936 g/mol. The Hall–Kier alpha value is -5.46. The lowest BCUT2D eigenvalue weighted by atomic mass is 9.60. The molecular formula is C48H53ClN8O8S. The summed E-state index contributed by atoms with van der Waals surface area (Å²) in [6.45, 7) is 5.14. The molecule has 5 aliphatic heterocycles. The Morgan fingerprint density at radius 2 is 1.79 bits per heavy atom. The molecule has 11 rings (SSSR count). The number of amides is 1. The SMILES string of the molecule is O=C(NS(=O)(=O)c1ccc(NCC2CCOCC2)c([N+](=O)[O-])c1)c1ccc(N2CCC3(CC2)CC(N2CCC[C@H]2c2cccc(Cl)c2)C3)cc1N1c2cc3cc[nH]c3nc2O[C@@H]2COC[C@H]21. The van der Waals surface area contributed by atoms with Crippen molar-refractivity contribution < 1.29 is 32.3 Å². The zero-order valence-corrected chi connectivity index (χ0v) is 38.1. The van der Waals surface area contributed by atoms with Crippen molar-refractivity contribution in [3.63, 3.8) is 0 Å². The van der Waals surface area contributed by atoms with Crippen LogP contribution in [-0.4, -0.2) is 105 Å². The number of pyridine rings is 1. The van der Waals surface area contributed by atoms with Gasteiger partial charge in [0.15, 0.2) is 0 Å². The van der Waals surface area contributed by atoms with E-state index in [2.05, 4.69) is 43.0 Å². The Kier molecular flexibility index (Phi) is 11.3. The van der Waals surface area contributed by atoms with E-state index in [4.69, 9.17) is 30.8 Å². The Morgan fingerprint density at radius 1 is 0.955 bits per heavy atom. The highest BCUT2D eigenvalue weighted by atomic mass is 35.5. The standard InChI is InChI=1S/C48H53ClN8O8S/c49-33-4-1-3-31(21-33)39-5-2-16-55(39)35-25-48(26-35)13-17-54(18-14-48)34-6-8-37(40(23-34)56-42-22-32-10-15-50-45(32)52-47(42)65-44-29-64-28-43(44)56)46(58)53-66(61,62)36-7-9-38(41(24-36)57(59)60)51-27-30-11-19-63-20-12-30/h1,3-4,6-10,15,21-24,30,35,39,43-44,51H,2,5,11-14,16-20,25-29H2,(H,50,52)(H,53,58)/t39-,43+,44+/m0/s1. The van der Waals surface area contributed by atoms with Crippen LogP contribution < -0.4 is 24.6 Å². The summed E-state index contributed by atoms with van der Waals surface area (Å²) in [5, 5.41) is 17.0. The molecule has 7 heterocycles. The summed E-state index contributed by atoms with van der Waals surface area (Å²) in [7, 11) is -4.59. The van der Waals surface area contributed by atoms with Crippen molar-refractivity contribution in [3.8, 4) is 5.88 Å². The van der Waals surface area contributed by atoms with Crippen molar-refractivity contribution >= 4 is 67.0 Å². The van der Waals surface area contributed by atoms with Gasteiger partial charge in [-0.05, 0) is 129 Å². The third kappa shape index (κ3) is 8.12. The molecule has 3 atom stereocenters. The summed E-state index contributed by atoms with van der Waals surface area (Å²) in [6, 6.07) is 22.0. The normalized spacial score (nSPS) is 23.3. The minimum Gasteiger partial charge on any atom is -0.468 e. The second-order valence-electron chi connectivity index (χ2n) is 18.9. The van der Waals surface area contributed by atoms with Crippen molar-refractivity contribution in [2.24, 2.45) is 11.3 Å². The number of piperidine rings is 1. The second kappa shape index (κ2) is 17.3. The fourth-order valence-corrected chi connectivity index (χ4v) is 12.6. The summed E-state index contributed by atoms with van der Waals surface area (Å²) in [5.41, 5.74) is 4.15. The molecule has 5 fully saturated rings. The van der Waals surface area contributed by atoms with E-state index in [0.29, 0.717) is 68.0 Å². The van der Waals surface area contributed by atoms with Crippen LogP contribution in [0.2, 0.25) is 5.02 Å². The van der Waals surface area contributed by atoms with Gasteiger partial charge in [-0.1, -0.05) is 23.7 Å². The molecule has 3 aromatic carbocycles. The third-order valence-corrected chi connectivity index (χ3v) is 16.5. The third-order valence-electron chi connectivity index (χ3n) is 15.0. The molecular weight excluding hydrogens is 884 g/mol. The number of halogens is 1. The Labute approximate surface area is 388 Å². The van der Waals surface area contributed by atoms with Crippen molar-refractivity contribution in [2.75, 3.05) is 67.7 Å². The van der Waals surface area contributed by atoms with E-state index in [1.54, 1.807) is 12.3 Å². The number of aromatic amines is 1. The minimum atomic E-state index is -4.59. The lowest BCUT2D eigenvalue weighted by Gasteiger charge is -2.56. The van der Waals surface area contributed by atoms with Crippen molar-refractivity contribution in [1.82, 2.24) is 19.6 Å². The van der Waals surface area contributed by atoms with Gasteiger partial charge in [-0.25, -0.2) is 13.1 Å². The predicted molar refractivity (Wildman–Crippen MR) is 251 cm³/mol. The van der Waals surface area contributed by atoms with E-state index in [-0.39, 0.29) is 28.6 Å². The van der Waals surface area contributed by atoms with Gasteiger partial charge >= 0.3 is 0 Å². The van der Waals surface area contributed by atoms with Gasteiger partial charge in [0.25, 0.3) is 21.6 Å². The van der Waals surface area contributed by atoms with E-state index in [9.17, 15) is 23.3 Å². The molecule has 3 N–H and O–H groups in total. The number of anilines is 4. The number of likely N-dealkylation sites (tertiary alicyclic amines) is 1. The molecule has 346 valence electrons. The van der Waals surface area contributed by atoms with Gasteiger partial charge in [-0.15, -0.1) is 0 Å². The summed E-state index contributed by atoms with van der Waals surface area (Å²) in [5.74, 6) is -0.238. The highest BCUT2D eigenvalue weighted by molar-refractivity contribution is 7.90. The van der Waals surface area contributed by atoms with Crippen molar-refractivity contribution in [3.05, 3.63) is 105 Å². The highest BCUT2D eigenvalue weighted by Crippen LogP contribution is 2.54. The van der Waals surface area contributed by atoms with E-state index in [0.717, 1.165) is 73.9 Å². The van der Waals surface area contributed by atoms with Crippen LogP contribution in [0.25, 0.3) is 11.0 Å². The summed E-state index contributed by atoms with van der Waals surface area (Å²) in [6.07, 6.45) is 9.81. The van der Waals surface area contributed by atoms with E-state index in [1.807, 2.05) is 35.2 Å². The molecule has 1 aliphatic carbocycles. The second-order valence-corrected chi connectivity index (χ2v) is 21.0. The van der Waals surface area contributed by atoms with Gasteiger partial charge in [0.2, 0.25) is 5.88 Å². The Bertz CT molecular complexity index is 2790. The van der Waals surface area contributed by atoms with Crippen molar-refractivity contribution in [1.29, 1.82) is 0 Å². The lowest BCUT2D eigenvalue weighted by Crippen LogP contribution is -2.54. The van der Waals surface area contributed by atoms with Crippen LogP contribution in [0.5, 0.6) is 5.88 Å². The van der Waals surface area contributed by atoms with Crippen LogP contribution >= 0.6 is 11.6 Å². The van der Waals surface area contributed by atoms with Gasteiger partial charge in [-0.2, -0.15) is 4.98 Å². The summed E-state index contributed by atoms with van der Waals surface area (Å²) < 4.78 is 48.2. The molecule has 1 saturated carbocycles. The van der Waals surface area contributed by atoms with E-state index >= 15 is 0 Å². The molecule has 66 heavy (non-hydrogen) atoms. The van der Waals surface area contributed by atoms with Gasteiger partial charge < -0.3 is 34.3 Å². The molecule has 1 amide bonds. The number of nitro benzene ring substituents is 1. The lowest BCUT2D eigenvalue weighted by molar-refractivity contribution is -0.384. The predicted octanol–water partition coefficient (Wildman–Crippen LogP) is 7.97. The first-order chi connectivity index (χ1) is 32.0. The number of sulfonamides is 1. The number of nitrogens with zero attached hydrogens (tertiary/aromatic N) is 5. The number of hydrogen-bond acceptors (Lipinski definition) is 13. The first-order valence-electron chi connectivity index (χ1n) is 23.1. The number of aromatic nitrogens is 2. The van der Waals surface area contributed by atoms with Crippen LogP contribution in [0.15, 0.2) is 83.9 Å². The number of nitro groups is 1. The first kappa shape index (κ1) is 43.1. The average Bonchev–Trinajstić information content (AvgIpc) is 4.10. The number of carbonyl (C=O) groups is 1. The van der Waals surface area contributed by atoms with Crippen LogP contribution in [0.4, 0.5) is 28.4 Å². The highest BCUT2D eigenvalue weighted by Gasteiger charge is 2.50. The zero-order chi connectivity index (χ0) is 45.2. The van der Waals surface area contributed by atoms with Gasteiger partial charge in [0.1, 0.15) is 23.1 Å². The van der Waals surface area contributed by atoms with Gasteiger partial charge in [0.05, 0.1) is 40.3 Å². The zero-order valence-electron chi connectivity index (χ0n) is 36.5. The van der Waals surface area contributed by atoms with Crippen LogP contribution in [-0.2, 0) is 19.5 Å². The topological polar surface area (TPSA) is 184 Å². The Balaban J connectivity index is 0.870. The number of benzene rings is 3. The molecule has 1 spiro atoms. The molecule has 0 unspecified atom stereocenters. The molecule has 2 aromatic heterocycles. The Morgan fingerprint density at radius 3 is 2.59 bits per heavy atom. The molecule has 16 nitrogen and oxygen atoms in total. The fraction of sp³-hybridized carbons (Fsp3) is 0.458. The molecule has 5 aromatic rings. The number of hydrogen-bond donors (Lipinski definition) is 3. The number of H-pyrrole nitrogens is 1. The quantitative estimate of drug-likeness (QED) is 0.0857. The largest absolute Gasteiger partial charge is 0.468 e. The van der Waals surface area contributed by atoms with E-state index in [1.165, 1.54) is 37.0 Å². The summed E-state index contributed by atoms with van der Waals surface area (Å²) >= 11 is 6.40. The van der Waals surface area contributed by atoms with Crippen molar-refractivity contribution in [2.45, 2.75) is 80.5 Å². The minimum absolute atomic E-state index is 0.106. The molecule has 0 radical (unpaired) electrons. The number of rotatable bonds is 11. The smallest absolute Gasteiger partial charge is 0.293 e. The molecule has 18 heteroatoms. The maximum absolute atomic E-state index is 14.5. The fourth-order valence-electron chi connectivity index (χ4n) is 11.4. The maximum atomic E-state index is 14.5. The molecule has 4 saturated heterocycles. The molecule has 0 bridgehead atoms. The number of carbonyl (C=O) groups excluding carboxylic acids is 1. The number of fused-ring (bicyclic) bond motifs is 3. The first-order valence-corrected chi connectivity index (χ1v) is 25.0. The van der Waals surface area contributed by atoms with Crippen LogP contribution in [0, 0.1) is 21.4 Å². The van der Waals surface area contributed by atoms with E-state index < -0.39 is 37.5 Å². The number of nitrogens with one attached hydrogen (secondary N) is 3. The molecule has 6 aliphatic rings. The van der Waals surface area contributed by atoms with Crippen LogP contribution in [0.1, 0.15) is 73.3 Å². The summed E-state index contributed by atoms with van der Waals surface area (Å²) in [4.78, 5) is 40.8. The number of ether oxygens (including phenoxy) is 3. The maximum Gasteiger partial charge on any atom is 0.293 e. The van der Waals surface area contributed by atoms with Gasteiger partial charge in [-0.3, -0.25) is 19.8 Å². The van der Waals surface area contributed by atoms with Crippen LogP contribution in [0.3, 0.4) is 0 Å². The van der Waals surface area contributed by atoms with Gasteiger partial charge in [0, 0.05) is 73.3 Å².